The number of aromatic amines is 1. The van der Waals surface area contributed by atoms with Crippen LogP contribution in [-0.4, -0.2) is 29.3 Å². The first-order valence-electron chi connectivity index (χ1n) is 6.56. The van der Waals surface area contributed by atoms with Crippen LogP contribution in [0.25, 0.3) is 0 Å². The number of nitrogens with one attached hydrogen (secondary N) is 2. The average Bonchev–Trinajstić information content (AvgIpc) is 2.53. The zero-order valence-corrected chi connectivity index (χ0v) is 12.5. The van der Waals surface area contributed by atoms with Gasteiger partial charge in [-0.3, -0.25) is 0 Å². The quantitative estimate of drug-likeness (QED) is 0.781. The van der Waals surface area contributed by atoms with Gasteiger partial charge in [0.15, 0.2) is 0 Å². The Morgan fingerprint density at radius 1 is 1.47 bits per heavy atom. The van der Waals surface area contributed by atoms with Gasteiger partial charge in [0.05, 0.1) is 0 Å². The molecule has 0 spiro atoms. The Morgan fingerprint density at radius 2 is 2.11 bits per heavy atom. The van der Waals surface area contributed by atoms with E-state index in [4.69, 9.17) is 10.5 Å². The van der Waals surface area contributed by atoms with Crippen molar-refractivity contribution in [3.05, 3.63) is 23.0 Å². The first kappa shape index (κ1) is 15.6. The highest BCUT2D eigenvalue weighted by Gasteiger charge is 2.19. The lowest BCUT2D eigenvalue weighted by Crippen LogP contribution is -2.44. The van der Waals surface area contributed by atoms with Crippen LogP contribution < -0.4 is 11.1 Å². The molecule has 0 aromatic carbocycles. The van der Waals surface area contributed by atoms with Gasteiger partial charge in [0, 0.05) is 24.0 Å². The number of aryl methyl sites for hydroxylation is 2. The van der Waals surface area contributed by atoms with E-state index in [1.807, 2.05) is 34.6 Å². The van der Waals surface area contributed by atoms with E-state index in [1.165, 1.54) is 5.56 Å². The van der Waals surface area contributed by atoms with E-state index in [-0.39, 0.29) is 6.04 Å². The number of rotatable bonds is 4. The van der Waals surface area contributed by atoms with Crippen molar-refractivity contribution in [2.45, 2.75) is 52.7 Å². The van der Waals surface area contributed by atoms with Gasteiger partial charge in [-0.05, 0) is 52.7 Å². The molecule has 0 aliphatic rings. The number of ether oxygens (including phenoxy) is 1. The van der Waals surface area contributed by atoms with Gasteiger partial charge in [0.1, 0.15) is 5.60 Å². The summed E-state index contributed by atoms with van der Waals surface area (Å²) in [6, 6.07) is 1.96. The number of alkyl carbamates (subject to hydrolysis) is 1. The maximum absolute atomic E-state index is 11.7. The van der Waals surface area contributed by atoms with Crippen molar-refractivity contribution in [1.29, 1.82) is 0 Å². The number of nitrogens with two attached hydrogens (primary N) is 1. The van der Waals surface area contributed by atoms with Gasteiger partial charge < -0.3 is 20.8 Å². The second-order valence-electron chi connectivity index (χ2n) is 5.89. The van der Waals surface area contributed by atoms with Crippen LogP contribution in [-0.2, 0) is 11.2 Å². The molecule has 1 aromatic heterocycles. The van der Waals surface area contributed by atoms with Crippen LogP contribution in [0.15, 0.2) is 6.07 Å². The summed E-state index contributed by atoms with van der Waals surface area (Å²) in [4.78, 5) is 15.0. The second kappa shape index (κ2) is 6.10. The van der Waals surface area contributed by atoms with Crippen molar-refractivity contribution >= 4 is 6.09 Å². The molecule has 1 rings (SSSR count). The minimum Gasteiger partial charge on any atom is -0.444 e. The highest BCUT2D eigenvalue weighted by molar-refractivity contribution is 5.68. The number of carbonyl (C=O) groups excluding carboxylic acids is 1. The molecule has 0 aliphatic carbocycles. The van der Waals surface area contributed by atoms with Gasteiger partial charge in [-0.15, -0.1) is 0 Å². The highest BCUT2D eigenvalue weighted by Crippen LogP contribution is 2.12. The van der Waals surface area contributed by atoms with E-state index in [0.29, 0.717) is 13.0 Å². The Kier molecular flexibility index (Phi) is 5.00. The molecule has 19 heavy (non-hydrogen) atoms. The summed E-state index contributed by atoms with van der Waals surface area (Å²) < 4.78 is 5.23. The number of amides is 1. The molecule has 1 atom stereocenters. The van der Waals surface area contributed by atoms with Gasteiger partial charge in [0.2, 0.25) is 0 Å². The summed E-state index contributed by atoms with van der Waals surface area (Å²) in [5.74, 6) is 0. The Balaban J connectivity index is 2.59. The molecular formula is C14H25N3O2. The highest BCUT2D eigenvalue weighted by atomic mass is 16.6. The van der Waals surface area contributed by atoms with Crippen LogP contribution in [0, 0.1) is 13.8 Å². The smallest absolute Gasteiger partial charge is 0.407 e. The van der Waals surface area contributed by atoms with Crippen molar-refractivity contribution in [2.24, 2.45) is 5.73 Å². The Labute approximate surface area is 114 Å². The molecule has 5 nitrogen and oxygen atoms in total. The molecule has 1 aromatic rings. The molecule has 0 saturated carbocycles. The molecule has 0 aliphatic heterocycles. The summed E-state index contributed by atoms with van der Waals surface area (Å²) in [6.07, 6.45) is 0.277. The van der Waals surface area contributed by atoms with Crippen LogP contribution in [0.3, 0.4) is 0 Å². The number of aromatic nitrogens is 1. The van der Waals surface area contributed by atoms with Gasteiger partial charge >= 0.3 is 6.09 Å². The average molecular weight is 267 g/mol. The summed E-state index contributed by atoms with van der Waals surface area (Å²) in [5, 5.41) is 2.81. The summed E-state index contributed by atoms with van der Waals surface area (Å²) >= 11 is 0. The zero-order valence-electron chi connectivity index (χ0n) is 12.5. The minimum absolute atomic E-state index is 0.122. The lowest BCUT2D eigenvalue weighted by Gasteiger charge is -2.23. The first-order chi connectivity index (χ1) is 8.71. The zero-order chi connectivity index (χ0) is 14.6. The molecule has 5 heteroatoms. The molecule has 1 unspecified atom stereocenters. The Hall–Kier alpha value is -1.49. The van der Waals surface area contributed by atoms with E-state index >= 15 is 0 Å². The molecule has 1 heterocycles. The van der Waals surface area contributed by atoms with E-state index in [0.717, 1.165) is 11.4 Å². The molecule has 4 N–H and O–H groups in total. The third-order valence-electron chi connectivity index (χ3n) is 2.73. The number of H-pyrrole nitrogens is 1. The van der Waals surface area contributed by atoms with Gasteiger partial charge in [-0.2, -0.15) is 0 Å². The molecule has 0 saturated heterocycles. The largest absolute Gasteiger partial charge is 0.444 e. The topological polar surface area (TPSA) is 80.1 Å². The van der Waals surface area contributed by atoms with Crippen molar-refractivity contribution in [3.63, 3.8) is 0 Å². The molecular weight excluding hydrogens is 242 g/mol. The second-order valence-corrected chi connectivity index (χ2v) is 5.89. The fourth-order valence-corrected chi connectivity index (χ4v) is 1.93. The normalized spacial score (nSPS) is 13.2. The van der Waals surface area contributed by atoms with Crippen LogP contribution in [0.1, 0.15) is 37.7 Å². The van der Waals surface area contributed by atoms with E-state index < -0.39 is 11.7 Å². The Bertz CT molecular complexity index is 432. The van der Waals surface area contributed by atoms with Crippen LogP contribution in [0.5, 0.6) is 0 Å². The lowest BCUT2D eigenvalue weighted by molar-refractivity contribution is 0.0506. The van der Waals surface area contributed by atoms with E-state index in [1.54, 1.807) is 0 Å². The predicted molar refractivity (Wildman–Crippen MR) is 76.2 cm³/mol. The van der Waals surface area contributed by atoms with Crippen LogP contribution in [0.4, 0.5) is 4.79 Å². The lowest BCUT2D eigenvalue weighted by atomic mass is 10.1. The maximum atomic E-state index is 11.7. The molecule has 0 bridgehead atoms. The maximum Gasteiger partial charge on any atom is 0.407 e. The van der Waals surface area contributed by atoms with Crippen molar-refractivity contribution < 1.29 is 9.53 Å². The minimum atomic E-state index is -0.496. The molecule has 0 fully saturated rings. The first-order valence-corrected chi connectivity index (χ1v) is 6.56. The third kappa shape index (κ3) is 5.34. The van der Waals surface area contributed by atoms with E-state index in [2.05, 4.69) is 16.4 Å². The van der Waals surface area contributed by atoms with Gasteiger partial charge in [0.25, 0.3) is 0 Å². The summed E-state index contributed by atoms with van der Waals surface area (Å²) in [5.41, 5.74) is 8.61. The number of hydrogen-bond acceptors (Lipinski definition) is 3. The Morgan fingerprint density at radius 3 is 2.53 bits per heavy atom. The van der Waals surface area contributed by atoms with Crippen molar-refractivity contribution in [2.75, 3.05) is 6.54 Å². The van der Waals surface area contributed by atoms with Crippen molar-refractivity contribution in [3.8, 4) is 0 Å². The van der Waals surface area contributed by atoms with Crippen molar-refractivity contribution in [1.82, 2.24) is 10.3 Å². The fourth-order valence-electron chi connectivity index (χ4n) is 1.93. The van der Waals surface area contributed by atoms with Gasteiger partial charge in [-0.1, -0.05) is 0 Å². The monoisotopic (exact) mass is 267 g/mol. The van der Waals surface area contributed by atoms with Crippen LogP contribution in [0.2, 0.25) is 0 Å². The SMILES string of the molecule is Cc1cc(CC(CN)NC(=O)OC(C)(C)C)c(C)[nH]1. The predicted octanol–water partition coefficient (Wildman–Crippen LogP) is 2.03. The number of carbonyl (C=O) groups is 1. The van der Waals surface area contributed by atoms with Crippen LogP contribution >= 0.6 is 0 Å². The van der Waals surface area contributed by atoms with Gasteiger partial charge in [-0.25, -0.2) is 4.79 Å². The van der Waals surface area contributed by atoms with E-state index in [9.17, 15) is 4.79 Å². The summed E-state index contributed by atoms with van der Waals surface area (Å²) in [7, 11) is 0. The fraction of sp³-hybridized carbons (Fsp3) is 0.643. The molecule has 1 amide bonds. The molecule has 0 radical (unpaired) electrons. The third-order valence-corrected chi connectivity index (χ3v) is 2.73. The number of hydrogen-bond donors (Lipinski definition) is 3. The standard InChI is InChI=1S/C14H25N3O2/c1-9-6-11(10(2)16-9)7-12(8-15)17-13(18)19-14(3,4)5/h6,12,16H,7-8,15H2,1-5H3,(H,17,18). The molecule has 108 valence electrons. The summed E-state index contributed by atoms with van der Waals surface area (Å²) in [6.45, 7) is 9.92.